The lowest BCUT2D eigenvalue weighted by molar-refractivity contribution is -0.124. The van der Waals surface area contributed by atoms with Crippen molar-refractivity contribution >= 4 is 22.7 Å². The molecule has 1 atom stereocenters. The van der Waals surface area contributed by atoms with Gasteiger partial charge in [-0.2, -0.15) is 0 Å². The van der Waals surface area contributed by atoms with E-state index in [0.717, 1.165) is 5.75 Å². The number of hydrogen-bond acceptors (Lipinski definition) is 5. The minimum Gasteiger partial charge on any atom is -0.492 e. The summed E-state index contributed by atoms with van der Waals surface area (Å²) in [5, 5.41) is 2.63. The Morgan fingerprint density at radius 2 is 1.69 bits per heavy atom. The molecule has 0 aliphatic heterocycles. The molecule has 0 radical (unpaired) electrons. The summed E-state index contributed by atoms with van der Waals surface area (Å²) in [7, 11) is -1.32. The van der Waals surface area contributed by atoms with Crippen molar-refractivity contribution in [3.05, 3.63) is 59.7 Å². The Labute approximate surface area is 174 Å². The molecule has 0 spiro atoms. The Morgan fingerprint density at radius 3 is 2.31 bits per heavy atom. The fraction of sp³-hybridized carbons (Fsp3) is 0.364. The van der Waals surface area contributed by atoms with Crippen molar-refractivity contribution < 1.29 is 23.3 Å². The molecule has 0 aliphatic carbocycles. The van der Waals surface area contributed by atoms with Crippen molar-refractivity contribution in [1.82, 2.24) is 5.32 Å². The van der Waals surface area contributed by atoms with Gasteiger partial charge in [-0.05, 0) is 35.2 Å². The van der Waals surface area contributed by atoms with Crippen molar-refractivity contribution in [2.45, 2.75) is 31.1 Å². The van der Waals surface area contributed by atoms with E-state index in [0.29, 0.717) is 11.5 Å². The van der Waals surface area contributed by atoms with Gasteiger partial charge in [0.15, 0.2) is 6.61 Å². The highest BCUT2D eigenvalue weighted by molar-refractivity contribution is 7.84. The van der Waals surface area contributed by atoms with Crippen LogP contribution in [0.1, 0.15) is 36.7 Å². The molecule has 1 N–H and O–H groups in total. The number of hydrogen-bond donors (Lipinski definition) is 1. The van der Waals surface area contributed by atoms with Crippen LogP contribution in [0.15, 0.2) is 53.4 Å². The molecule has 0 bridgehead atoms. The Morgan fingerprint density at radius 1 is 1.03 bits per heavy atom. The highest BCUT2D eigenvalue weighted by Gasteiger charge is 2.16. The molecule has 0 saturated carbocycles. The molecule has 0 saturated heterocycles. The molecule has 1 amide bonds. The number of carbonyl (C=O) groups excluding carboxylic acids is 2. The van der Waals surface area contributed by atoms with Crippen molar-refractivity contribution in [2.75, 3.05) is 26.0 Å². The summed E-state index contributed by atoms with van der Waals surface area (Å²) < 4.78 is 22.3. The van der Waals surface area contributed by atoms with Crippen molar-refractivity contribution in [1.29, 1.82) is 0 Å². The van der Waals surface area contributed by atoms with Gasteiger partial charge in [0.2, 0.25) is 0 Å². The topological polar surface area (TPSA) is 81.7 Å². The number of carbonyl (C=O) groups is 2. The standard InChI is InChI=1S/C22H27NO5S/c1-22(2,3)16-9-11-17(12-10-16)27-14-13-23-20(24)15-28-21(25)18-7-5-6-8-19(18)29(4)26/h5-12H,13-15H2,1-4H3,(H,23,24)/t29-/m0/s1. The third-order valence-electron chi connectivity index (χ3n) is 4.16. The molecule has 0 aromatic heterocycles. The molecule has 2 rings (SSSR count). The number of nitrogens with one attached hydrogen (secondary N) is 1. The predicted molar refractivity (Wildman–Crippen MR) is 113 cm³/mol. The maximum absolute atomic E-state index is 12.1. The van der Waals surface area contributed by atoms with E-state index in [9.17, 15) is 13.8 Å². The van der Waals surface area contributed by atoms with Crippen molar-refractivity contribution in [2.24, 2.45) is 0 Å². The Kier molecular flexibility index (Phi) is 7.96. The van der Waals surface area contributed by atoms with E-state index in [1.54, 1.807) is 18.2 Å². The summed E-state index contributed by atoms with van der Waals surface area (Å²) in [6, 6.07) is 14.3. The van der Waals surface area contributed by atoms with Crippen LogP contribution in [-0.4, -0.2) is 42.1 Å². The lowest BCUT2D eigenvalue weighted by atomic mass is 9.87. The average molecular weight is 418 g/mol. The van der Waals surface area contributed by atoms with E-state index in [-0.39, 0.29) is 17.5 Å². The predicted octanol–water partition coefficient (Wildman–Crippen LogP) is 3.07. The van der Waals surface area contributed by atoms with E-state index in [1.807, 2.05) is 24.3 Å². The van der Waals surface area contributed by atoms with Crippen LogP contribution in [0.5, 0.6) is 5.75 Å². The molecule has 29 heavy (non-hydrogen) atoms. The highest BCUT2D eigenvalue weighted by atomic mass is 32.2. The maximum Gasteiger partial charge on any atom is 0.339 e. The van der Waals surface area contributed by atoms with Gasteiger partial charge in [-0.15, -0.1) is 0 Å². The van der Waals surface area contributed by atoms with Gasteiger partial charge in [0, 0.05) is 6.26 Å². The third-order valence-corrected chi connectivity index (χ3v) is 5.14. The van der Waals surface area contributed by atoms with Crippen LogP contribution < -0.4 is 10.1 Å². The first-order chi connectivity index (χ1) is 13.7. The van der Waals surface area contributed by atoms with Gasteiger partial charge in [0.05, 0.1) is 27.8 Å². The lowest BCUT2D eigenvalue weighted by Crippen LogP contribution is -2.32. The minimum atomic E-state index is -1.32. The summed E-state index contributed by atoms with van der Waals surface area (Å²) in [5.41, 5.74) is 1.49. The molecule has 156 valence electrons. The van der Waals surface area contributed by atoms with Gasteiger partial charge in [-0.3, -0.25) is 9.00 Å². The Balaban J connectivity index is 1.72. The summed E-state index contributed by atoms with van der Waals surface area (Å²) in [6.45, 7) is 6.60. The van der Waals surface area contributed by atoms with Crippen LogP contribution in [0.3, 0.4) is 0 Å². The molecular formula is C22H27NO5S. The molecule has 0 fully saturated rings. The number of amides is 1. The van der Waals surface area contributed by atoms with E-state index >= 15 is 0 Å². The van der Waals surface area contributed by atoms with Gasteiger partial charge < -0.3 is 14.8 Å². The second kappa shape index (κ2) is 10.2. The minimum absolute atomic E-state index is 0.0800. The van der Waals surface area contributed by atoms with Gasteiger partial charge in [0.25, 0.3) is 5.91 Å². The zero-order valence-corrected chi connectivity index (χ0v) is 18.0. The second-order valence-electron chi connectivity index (χ2n) is 7.50. The zero-order chi connectivity index (χ0) is 21.4. The summed E-state index contributed by atoms with van der Waals surface area (Å²) in [4.78, 5) is 24.4. The van der Waals surface area contributed by atoms with Gasteiger partial charge in [-0.1, -0.05) is 45.0 Å². The number of rotatable bonds is 8. The molecule has 2 aromatic rings. The van der Waals surface area contributed by atoms with Crippen LogP contribution in [0.2, 0.25) is 0 Å². The normalized spacial score (nSPS) is 12.1. The van der Waals surface area contributed by atoms with Gasteiger partial charge >= 0.3 is 5.97 Å². The number of esters is 1. The van der Waals surface area contributed by atoms with E-state index in [2.05, 4.69) is 26.1 Å². The van der Waals surface area contributed by atoms with Crippen LogP contribution >= 0.6 is 0 Å². The van der Waals surface area contributed by atoms with Crippen molar-refractivity contribution in [3.63, 3.8) is 0 Å². The van der Waals surface area contributed by atoms with Gasteiger partial charge in [-0.25, -0.2) is 4.79 Å². The lowest BCUT2D eigenvalue weighted by Gasteiger charge is -2.19. The molecule has 0 unspecified atom stereocenters. The highest BCUT2D eigenvalue weighted by Crippen LogP contribution is 2.24. The fourth-order valence-corrected chi connectivity index (χ4v) is 3.29. The maximum atomic E-state index is 12.1. The first-order valence-corrected chi connectivity index (χ1v) is 10.8. The largest absolute Gasteiger partial charge is 0.492 e. The average Bonchev–Trinajstić information content (AvgIpc) is 2.69. The zero-order valence-electron chi connectivity index (χ0n) is 17.2. The van der Waals surface area contributed by atoms with E-state index in [4.69, 9.17) is 9.47 Å². The molecule has 0 heterocycles. The van der Waals surface area contributed by atoms with Crippen LogP contribution in [0, 0.1) is 0 Å². The van der Waals surface area contributed by atoms with Crippen LogP contribution in [0.25, 0.3) is 0 Å². The SMILES string of the molecule is C[S@](=O)c1ccccc1C(=O)OCC(=O)NCCOc1ccc(C(C)(C)C)cc1. The molecule has 2 aromatic carbocycles. The summed E-state index contributed by atoms with van der Waals surface area (Å²) in [5.74, 6) is -0.385. The molecule has 6 nitrogen and oxygen atoms in total. The Bertz CT molecular complexity index is 872. The molecule has 0 aliphatic rings. The number of benzene rings is 2. The van der Waals surface area contributed by atoms with E-state index in [1.165, 1.54) is 17.9 Å². The Hall–Kier alpha value is -2.67. The van der Waals surface area contributed by atoms with Crippen molar-refractivity contribution in [3.8, 4) is 5.75 Å². The molecule has 7 heteroatoms. The fourth-order valence-electron chi connectivity index (χ4n) is 2.56. The third kappa shape index (κ3) is 7.02. The monoisotopic (exact) mass is 417 g/mol. The van der Waals surface area contributed by atoms with Crippen LogP contribution in [0.4, 0.5) is 0 Å². The molecular weight excluding hydrogens is 390 g/mol. The summed E-state index contributed by atoms with van der Waals surface area (Å²) in [6.07, 6.45) is 1.48. The first-order valence-electron chi connectivity index (χ1n) is 9.28. The quantitative estimate of drug-likeness (QED) is 0.527. The van der Waals surface area contributed by atoms with E-state index < -0.39 is 29.3 Å². The summed E-state index contributed by atoms with van der Waals surface area (Å²) >= 11 is 0. The second-order valence-corrected chi connectivity index (χ2v) is 8.85. The van der Waals surface area contributed by atoms with Gasteiger partial charge in [0.1, 0.15) is 12.4 Å². The number of ether oxygens (including phenoxy) is 2. The smallest absolute Gasteiger partial charge is 0.339 e. The first kappa shape index (κ1) is 22.6. The van der Waals surface area contributed by atoms with Crippen LogP contribution in [-0.2, 0) is 25.7 Å².